The molecule has 98 valence electrons. The number of hydrogen-bond donors (Lipinski definition) is 0. The van der Waals surface area contributed by atoms with E-state index in [4.69, 9.17) is 9.47 Å². The van der Waals surface area contributed by atoms with E-state index in [1.165, 1.54) is 12.8 Å². The number of carbonyl (C=O) groups excluding carboxylic acids is 2. The van der Waals surface area contributed by atoms with Crippen LogP contribution in [0.2, 0.25) is 0 Å². The maximum absolute atomic E-state index is 11.9. The summed E-state index contributed by atoms with van der Waals surface area (Å²) in [4.78, 5) is 23.8. The van der Waals surface area contributed by atoms with Crippen LogP contribution in [0.1, 0.15) is 46.5 Å². The lowest BCUT2D eigenvalue weighted by Crippen LogP contribution is -2.39. The average Bonchev–Trinajstić information content (AvgIpc) is 3.10. The third kappa shape index (κ3) is 3.72. The van der Waals surface area contributed by atoms with Crippen LogP contribution in [-0.2, 0) is 19.1 Å². The second kappa shape index (κ2) is 6.03. The van der Waals surface area contributed by atoms with E-state index in [9.17, 15) is 9.59 Å². The Morgan fingerprint density at radius 2 is 1.59 bits per heavy atom. The highest BCUT2D eigenvalue weighted by Crippen LogP contribution is 2.38. The van der Waals surface area contributed by atoms with Gasteiger partial charge in [-0.2, -0.15) is 0 Å². The Kier molecular flexibility index (Phi) is 4.97. The fourth-order valence-corrected chi connectivity index (χ4v) is 1.77. The third-order valence-electron chi connectivity index (χ3n) is 3.20. The highest BCUT2D eigenvalue weighted by molar-refractivity contribution is 5.99. The standard InChI is InChI=1S/C13H22O4/c1-4-16-11(14)13(3,12(15)17-5-2)9-8-10-6-7-10/h10H,4-9H2,1-3H3. The number of hydrogen-bond acceptors (Lipinski definition) is 4. The Bertz CT molecular complexity index is 263. The van der Waals surface area contributed by atoms with Crippen LogP contribution in [0.15, 0.2) is 0 Å². The molecule has 1 rings (SSSR count). The highest BCUT2D eigenvalue weighted by atomic mass is 16.6. The minimum atomic E-state index is -1.13. The molecule has 0 heterocycles. The minimum absolute atomic E-state index is 0.289. The van der Waals surface area contributed by atoms with Crippen LogP contribution < -0.4 is 0 Å². The lowest BCUT2D eigenvalue weighted by molar-refractivity contribution is -0.171. The van der Waals surface area contributed by atoms with Crippen molar-refractivity contribution < 1.29 is 19.1 Å². The molecule has 0 bridgehead atoms. The van der Waals surface area contributed by atoms with Crippen LogP contribution in [0.5, 0.6) is 0 Å². The van der Waals surface area contributed by atoms with Gasteiger partial charge in [0.15, 0.2) is 5.41 Å². The van der Waals surface area contributed by atoms with Crippen LogP contribution in [0, 0.1) is 11.3 Å². The van der Waals surface area contributed by atoms with Gasteiger partial charge in [-0.15, -0.1) is 0 Å². The zero-order valence-electron chi connectivity index (χ0n) is 11.0. The molecule has 0 radical (unpaired) electrons. The summed E-state index contributed by atoms with van der Waals surface area (Å²) in [5.74, 6) is -0.239. The van der Waals surface area contributed by atoms with Crippen molar-refractivity contribution in [2.24, 2.45) is 11.3 Å². The predicted octanol–water partition coefficient (Wildman–Crippen LogP) is 2.31. The number of carbonyl (C=O) groups is 2. The van der Waals surface area contributed by atoms with Crippen molar-refractivity contribution in [1.82, 2.24) is 0 Å². The summed E-state index contributed by atoms with van der Waals surface area (Å²) < 4.78 is 9.97. The second-order valence-electron chi connectivity index (χ2n) is 4.76. The Balaban J connectivity index is 2.65. The van der Waals surface area contributed by atoms with E-state index in [2.05, 4.69) is 0 Å². The highest BCUT2D eigenvalue weighted by Gasteiger charge is 2.44. The van der Waals surface area contributed by atoms with Crippen molar-refractivity contribution in [1.29, 1.82) is 0 Å². The molecule has 0 amide bonds. The molecule has 17 heavy (non-hydrogen) atoms. The van der Waals surface area contributed by atoms with Crippen molar-refractivity contribution in [2.75, 3.05) is 13.2 Å². The van der Waals surface area contributed by atoms with E-state index in [1.54, 1.807) is 20.8 Å². The van der Waals surface area contributed by atoms with Gasteiger partial charge in [0.25, 0.3) is 0 Å². The molecule has 0 atom stereocenters. The Labute approximate surface area is 103 Å². The predicted molar refractivity (Wildman–Crippen MR) is 63.3 cm³/mol. The van der Waals surface area contributed by atoms with Crippen molar-refractivity contribution in [3.05, 3.63) is 0 Å². The van der Waals surface area contributed by atoms with E-state index in [0.717, 1.165) is 6.42 Å². The maximum atomic E-state index is 11.9. The summed E-state index contributed by atoms with van der Waals surface area (Å²) in [6.45, 7) is 5.69. The summed E-state index contributed by atoms with van der Waals surface area (Å²) in [6, 6.07) is 0. The topological polar surface area (TPSA) is 52.6 Å². The summed E-state index contributed by atoms with van der Waals surface area (Å²) in [6.07, 6.45) is 3.84. The normalized spacial score (nSPS) is 15.5. The van der Waals surface area contributed by atoms with Gasteiger partial charge in [-0.05, 0) is 39.5 Å². The van der Waals surface area contributed by atoms with Gasteiger partial charge in [0.05, 0.1) is 13.2 Å². The van der Waals surface area contributed by atoms with E-state index >= 15 is 0 Å². The number of rotatable bonds is 7. The van der Waals surface area contributed by atoms with Crippen LogP contribution in [0.3, 0.4) is 0 Å². The van der Waals surface area contributed by atoms with Crippen molar-refractivity contribution >= 4 is 11.9 Å². The molecule has 0 aromatic carbocycles. The molecule has 0 N–H and O–H groups in total. The van der Waals surface area contributed by atoms with E-state index in [-0.39, 0.29) is 13.2 Å². The maximum Gasteiger partial charge on any atom is 0.323 e. The zero-order chi connectivity index (χ0) is 12.9. The Morgan fingerprint density at radius 3 is 1.94 bits per heavy atom. The average molecular weight is 242 g/mol. The van der Waals surface area contributed by atoms with Gasteiger partial charge in [0.1, 0.15) is 0 Å². The molecule has 1 fully saturated rings. The van der Waals surface area contributed by atoms with Crippen LogP contribution in [-0.4, -0.2) is 25.2 Å². The molecule has 0 aromatic heterocycles. The van der Waals surface area contributed by atoms with Gasteiger partial charge >= 0.3 is 11.9 Å². The fourth-order valence-electron chi connectivity index (χ4n) is 1.77. The lowest BCUT2D eigenvalue weighted by Gasteiger charge is -2.24. The largest absolute Gasteiger partial charge is 0.465 e. The summed E-state index contributed by atoms with van der Waals surface area (Å²) >= 11 is 0. The molecule has 1 aliphatic rings. The lowest BCUT2D eigenvalue weighted by atomic mass is 9.84. The Morgan fingerprint density at radius 1 is 1.12 bits per heavy atom. The molecule has 4 heteroatoms. The zero-order valence-corrected chi connectivity index (χ0v) is 11.0. The molecular formula is C13H22O4. The SMILES string of the molecule is CCOC(=O)C(C)(CCC1CC1)C(=O)OCC. The van der Waals surface area contributed by atoms with Gasteiger partial charge in [-0.1, -0.05) is 12.8 Å². The smallest absolute Gasteiger partial charge is 0.323 e. The molecule has 0 unspecified atom stereocenters. The van der Waals surface area contributed by atoms with E-state index < -0.39 is 17.4 Å². The fraction of sp³-hybridized carbons (Fsp3) is 0.846. The molecule has 0 aromatic rings. The monoisotopic (exact) mass is 242 g/mol. The molecular weight excluding hydrogens is 220 g/mol. The van der Waals surface area contributed by atoms with Crippen molar-refractivity contribution in [3.63, 3.8) is 0 Å². The molecule has 0 aliphatic heterocycles. The number of ether oxygens (including phenoxy) is 2. The third-order valence-corrected chi connectivity index (χ3v) is 3.20. The first-order chi connectivity index (χ1) is 8.04. The first-order valence-corrected chi connectivity index (χ1v) is 6.39. The first kappa shape index (κ1) is 14.0. The summed E-state index contributed by atoms with van der Waals surface area (Å²) in [7, 11) is 0. The van der Waals surface area contributed by atoms with Gasteiger partial charge in [-0.25, -0.2) is 0 Å². The summed E-state index contributed by atoms with van der Waals surface area (Å²) in [5, 5.41) is 0. The first-order valence-electron chi connectivity index (χ1n) is 6.39. The van der Waals surface area contributed by atoms with E-state index in [0.29, 0.717) is 12.3 Å². The quantitative estimate of drug-likeness (QED) is 0.508. The van der Waals surface area contributed by atoms with E-state index in [1.807, 2.05) is 0 Å². The van der Waals surface area contributed by atoms with Crippen molar-refractivity contribution in [3.8, 4) is 0 Å². The van der Waals surface area contributed by atoms with Crippen LogP contribution >= 0.6 is 0 Å². The second-order valence-corrected chi connectivity index (χ2v) is 4.76. The van der Waals surface area contributed by atoms with Gasteiger partial charge in [0.2, 0.25) is 0 Å². The van der Waals surface area contributed by atoms with Crippen molar-refractivity contribution in [2.45, 2.75) is 46.5 Å². The molecule has 4 nitrogen and oxygen atoms in total. The number of esters is 2. The van der Waals surface area contributed by atoms with Gasteiger partial charge < -0.3 is 9.47 Å². The molecule has 1 saturated carbocycles. The minimum Gasteiger partial charge on any atom is -0.465 e. The molecule has 0 spiro atoms. The molecule has 0 saturated heterocycles. The Hall–Kier alpha value is -1.06. The molecule has 1 aliphatic carbocycles. The van der Waals surface area contributed by atoms with Gasteiger partial charge in [0, 0.05) is 0 Å². The van der Waals surface area contributed by atoms with Gasteiger partial charge in [-0.3, -0.25) is 9.59 Å². The summed E-state index contributed by atoms with van der Waals surface area (Å²) in [5.41, 5.74) is -1.13. The van der Waals surface area contributed by atoms with Crippen LogP contribution in [0.4, 0.5) is 0 Å². The van der Waals surface area contributed by atoms with Crippen LogP contribution in [0.25, 0.3) is 0 Å².